The fraction of sp³-hybridized carbons (Fsp3) is 0.368. The standard InChI is InChI=1S/C19H22N4O7/c1-22-11-7-10(9-5-3-2-4-6-9)8-20-16(11)23(19(22)21-29)17-14(26)12(24)13(25)15(30-17)18(27)28/h2-8,12-15,17,19,21,24-26,29H,1H3,(H,27,28)/t12-,13-,14+,15-,17+,19?/m0/s1. The van der Waals surface area contributed by atoms with Gasteiger partial charge in [-0.15, -0.1) is 0 Å². The molecule has 1 aromatic carbocycles. The molecule has 6 atom stereocenters. The number of ether oxygens (including phenoxy) is 1. The summed E-state index contributed by atoms with van der Waals surface area (Å²) in [7, 11) is 1.67. The van der Waals surface area contributed by atoms with Crippen LogP contribution in [0.5, 0.6) is 0 Å². The van der Waals surface area contributed by atoms with Crippen LogP contribution in [0.25, 0.3) is 11.1 Å². The molecule has 0 radical (unpaired) electrons. The average molecular weight is 418 g/mol. The number of aromatic nitrogens is 1. The molecular formula is C19H22N4O7. The summed E-state index contributed by atoms with van der Waals surface area (Å²) < 4.78 is 5.43. The van der Waals surface area contributed by atoms with Crippen LogP contribution >= 0.6 is 0 Å². The quantitative estimate of drug-likeness (QED) is 0.344. The van der Waals surface area contributed by atoms with E-state index in [1.54, 1.807) is 18.1 Å². The van der Waals surface area contributed by atoms with Gasteiger partial charge in [0, 0.05) is 18.8 Å². The molecule has 1 unspecified atom stereocenters. The number of aliphatic carboxylic acids is 1. The third kappa shape index (κ3) is 3.17. The Labute approximate surface area is 171 Å². The molecule has 0 saturated carbocycles. The van der Waals surface area contributed by atoms with Crippen molar-refractivity contribution in [1.29, 1.82) is 0 Å². The monoisotopic (exact) mass is 418 g/mol. The predicted molar refractivity (Wildman–Crippen MR) is 104 cm³/mol. The first-order valence-corrected chi connectivity index (χ1v) is 9.24. The highest BCUT2D eigenvalue weighted by molar-refractivity contribution is 5.80. The fourth-order valence-electron chi connectivity index (χ4n) is 3.83. The van der Waals surface area contributed by atoms with Crippen LogP contribution in [0.4, 0.5) is 11.5 Å². The van der Waals surface area contributed by atoms with Crippen molar-refractivity contribution in [2.24, 2.45) is 0 Å². The highest BCUT2D eigenvalue weighted by Gasteiger charge is 2.52. The van der Waals surface area contributed by atoms with Crippen molar-refractivity contribution in [3.63, 3.8) is 0 Å². The summed E-state index contributed by atoms with van der Waals surface area (Å²) in [5.41, 5.74) is 4.39. The third-order valence-corrected chi connectivity index (χ3v) is 5.43. The van der Waals surface area contributed by atoms with Gasteiger partial charge in [0.05, 0.1) is 5.69 Å². The highest BCUT2D eigenvalue weighted by Crippen LogP contribution is 2.41. The van der Waals surface area contributed by atoms with Crippen LogP contribution in [-0.2, 0) is 9.53 Å². The van der Waals surface area contributed by atoms with Crippen LogP contribution in [0, 0.1) is 0 Å². The number of nitrogens with zero attached hydrogens (tertiary/aromatic N) is 3. The first-order valence-electron chi connectivity index (χ1n) is 9.24. The van der Waals surface area contributed by atoms with Crippen molar-refractivity contribution in [2.45, 2.75) is 36.9 Å². The Morgan fingerprint density at radius 3 is 2.43 bits per heavy atom. The summed E-state index contributed by atoms with van der Waals surface area (Å²) >= 11 is 0. The van der Waals surface area contributed by atoms with Gasteiger partial charge in [0.15, 0.2) is 24.4 Å². The number of carboxylic acid groups (broad SMARTS) is 1. The Balaban J connectivity index is 1.75. The number of anilines is 2. The number of aliphatic hydroxyl groups excluding tert-OH is 3. The number of fused-ring (bicyclic) bond motifs is 1. The van der Waals surface area contributed by atoms with E-state index in [4.69, 9.17) is 4.74 Å². The van der Waals surface area contributed by atoms with Crippen LogP contribution < -0.4 is 15.3 Å². The van der Waals surface area contributed by atoms with E-state index in [0.717, 1.165) is 11.1 Å². The van der Waals surface area contributed by atoms with Gasteiger partial charge in [0.2, 0.25) is 0 Å². The molecule has 1 fully saturated rings. The zero-order valence-electron chi connectivity index (χ0n) is 15.9. The number of hydroxylamine groups is 1. The number of benzene rings is 1. The normalized spacial score (nSPS) is 31.0. The molecular weight excluding hydrogens is 396 g/mol. The number of hydrogen-bond acceptors (Lipinski definition) is 10. The minimum atomic E-state index is -1.82. The Morgan fingerprint density at radius 2 is 1.80 bits per heavy atom. The summed E-state index contributed by atoms with van der Waals surface area (Å²) in [5, 5.41) is 49.7. The number of carboxylic acids is 1. The van der Waals surface area contributed by atoms with Crippen molar-refractivity contribution >= 4 is 17.5 Å². The highest BCUT2D eigenvalue weighted by atomic mass is 16.6. The zero-order valence-corrected chi connectivity index (χ0v) is 15.9. The third-order valence-electron chi connectivity index (χ3n) is 5.43. The lowest BCUT2D eigenvalue weighted by Crippen LogP contribution is -2.67. The predicted octanol–water partition coefficient (Wildman–Crippen LogP) is -0.841. The van der Waals surface area contributed by atoms with Crippen molar-refractivity contribution < 1.29 is 35.2 Å². The van der Waals surface area contributed by atoms with Gasteiger partial charge in [-0.1, -0.05) is 30.3 Å². The maximum Gasteiger partial charge on any atom is 0.335 e. The van der Waals surface area contributed by atoms with E-state index in [9.17, 15) is 30.4 Å². The molecule has 11 nitrogen and oxygen atoms in total. The van der Waals surface area contributed by atoms with E-state index >= 15 is 0 Å². The van der Waals surface area contributed by atoms with Gasteiger partial charge >= 0.3 is 5.97 Å². The van der Waals surface area contributed by atoms with Crippen molar-refractivity contribution in [2.75, 3.05) is 16.8 Å². The lowest BCUT2D eigenvalue weighted by Gasteiger charge is -2.44. The molecule has 0 aliphatic carbocycles. The molecule has 1 saturated heterocycles. The second kappa shape index (κ2) is 7.80. The second-order valence-electron chi connectivity index (χ2n) is 7.21. The van der Waals surface area contributed by atoms with Gasteiger partial charge in [-0.25, -0.2) is 9.78 Å². The SMILES string of the molecule is CN1c2cc(-c3ccccc3)cnc2N([C@@H]2O[C@H](C(=O)O)[C@@H](O)[C@H](O)[C@H]2O)C1NO. The molecule has 30 heavy (non-hydrogen) atoms. The van der Waals surface area contributed by atoms with Crippen LogP contribution in [-0.4, -0.2) is 80.6 Å². The van der Waals surface area contributed by atoms with E-state index in [-0.39, 0.29) is 0 Å². The number of rotatable bonds is 4. The number of pyridine rings is 1. The van der Waals surface area contributed by atoms with Crippen LogP contribution in [0.15, 0.2) is 42.6 Å². The molecule has 0 spiro atoms. The Morgan fingerprint density at radius 1 is 1.10 bits per heavy atom. The lowest BCUT2D eigenvalue weighted by molar-refractivity contribution is -0.229. The molecule has 3 heterocycles. The minimum absolute atomic E-state index is 0.292. The van der Waals surface area contributed by atoms with E-state index < -0.39 is 42.9 Å². The van der Waals surface area contributed by atoms with E-state index in [2.05, 4.69) is 10.5 Å². The number of aliphatic hydroxyl groups is 3. The van der Waals surface area contributed by atoms with Crippen molar-refractivity contribution in [3.8, 4) is 11.1 Å². The summed E-state index contributed by atoms with van der Waals surface area (Å²) in [6.07, 6.45) is -7.82. The summed E-state index contributed by atoms with van der Waals surface area (Å²) in [6.45, 7) is 0. The topological polar surface area (TPSA) is 159 Å². The van der Waals surface area contributed by atoms with E-state index in [1.165, 1.54) is 4.90 Å². The van der Waals surface area contributed by atoms with Crippen LogP contribution in [0.2, 0.25) is 0 Å². The average Bonchev–Trinajstić information content (AvgIpc) is 3.03. The molecule has 0 amide bonds. The molecule has 160 valence electrons. The van der Waals surface area contributed by atoms with Gasteiger partial charge in [-0.05, 0) is 11.6 Å². The van der Waals surface area contributed by atoms with Gasteiger partial charge < -0.3 is 35.3 Å². The van der Waals surface area contributed by atoms with E-state index in [1.807, 2.05) is 36.4 Å². The van der Waals surface area contributed by atoms with E-state index in [0.29, 0.717) is 11.5 Å². The first-order chi connectivity index (χ1) is 14.3. The van der Waals surface area contributed by atoms with Crippen LogP contribution in [0.3, 0.4) is 0 Å². The van der Waals surface area contributed by atoms with Gasteiger partial charge in [0.1, 0.15) is 18.3 Å². The fourth-order valence-corrected chi connectivity index (χ4v) is 3.83. The summed E-state index contributed by atoms with van der Waals surface area (Å²) in [4.78, 5) is 18.8. The number of hydrogen-bond donors (Lipinski definition) is 6. The number of carbonyl (C=O) groups is 1. The lowest BCUT2D eigenvalue weighted by atomic mass is 9.97. The second-order valence-corrected chi connectivity index (χ2v) is 7.21. The zero-order chi connectivity index (χ0) is 21.6. The van der Waals surface area contributed by atoms with Crippen molar-refractivity contribution in [3.05, 3.63) is 42.6 Å². The summed E-state index contributed by atoms with van der Waals surface area (Å²) in [5.74, 6) is -1.20. The smallest absolute Gasteiger partial charge is 0.335 e. The number of nitrogens with one attached hydrogen (secondary N) is 1. The summed E-state index contributed by atoms with van der Waals surface area (Å²) in [6, 6.07) is 11.3. The molecule has 2 aromatic rings. The molecule has 2 aliphatic heterocycles. The Kier molecular flexibility index (Phi) is 5.32. The maximum absolute atomic E-state index is 11.5. The minimum Gasteiger partial charge on any atom is -0.479 e. The maximum atomic E-state index is 11.5. The molecule has 6 N–H and O–H groups in total. The van der Waals surface area contributed by atoms with Gasteiger partial charge in [-0.2, -0.15) is 5.48 Å². The molecule has 4 rings (SSSR count). The molecule has 11 heteroatoms. The molecule has 1 aromatic heterocycles. The Hall–Kier alpha value is -2.80. The first kappa shape index (κ1) is 20.5. The molecule has 0 bridgehead atoms. The largest absolute Gasteiger partial charge is 0.479 e. The van der Waals surface area contributed by atoms with Gasteiger partial charge in [-0.3, -0.25) is 4.90 Å². The molecule has 2 aliphatic rings. The van der Waals surface area contributed by atoms with Crippen molar-refractivity contribution in [1.82, 2.24) is 10.5 Å². The Bertz CT molecular complexity index is 930. The van der Waals surface area contributed by atoms with Crippen LogP contribution in [0.1, 0.15) is 0 Å². The van der Waals surface area contributed by atoms with Gasteiger partial charge in [0.25, 0.3) is 0 Å².